The molecule has 2 rings (SSSR count). The van der Waals surface area contributed by atoms with E-state index < -0.39 is 0 Å². The van der Waals surface area contributed by atoms with E-state index in [0.29, 0.717) is 23.1 Å². The molecule has 0 N–H and O–H groups in total. The number of rotatable bonds is 5. The summed E-state index contributed by atoms with van der Waals surface area (Å²) >= 11 is 0. The van der Waals surface area contributed by atoms with Crippen molar-refractivity contribution in [3.8, 4) is 11.5 Å². The fourth-order valence-electron chi connectivity index (χ4n) is 3.18. The fraction of sp³-hybridized carbons (Fsp3) is 0.647. The lowest BCUT2D eigenvalue weighted by Crippen LogP contribution is -2.42. The van der Waals surface area contributed by atoms with Crippen LogP contribution in [0.25, 0.3) is 0 Å². The van der Waals surface area contributed by atoms with E-state index in [1.165, 1.54) is 13.2 Å². The number of ether oxygens (including phenoxy) is 2. The predicted octanol–water partition coefficient (Wildman–Crippen LogP) is 2.93. The Morgan fingerprint density at radius 1 is 1.14 bits per heavy atom. The molecule has 0 aromatic heterocycles. The molecule has 0 spiro atoms. The SMILES string of the molecule is COc1cc(F)c([C@H](C)N2CCC(N(C)C)CC2)cc1OC. The normalized spacial score (nSPS) is 18.5. The van der Waals surface area contributed by atoms with E-state index in [1.54, 1.807) is 13.2 Å². The van der Waals surface area contributed by atoms with Gasteiger partial charge in [-0.3, -0.25) is 4.90 Å². The largest absolute Gasteiger partial charge is 0.493 e. The Morgan fingerprint density at radius 2 is 1.68 bits per heavy atom. The summed E-state index contributed by atoms with van der Waals surface area (Å²) in [7, 11) is 7.34. The molecule has 1 saturated heterocycles. The minimum Gasteiger partial charge on any atom is -0.493 e. The Hall–Kier alpha value is -1.33. The number of nitrogens with zero attached hydrogens (tertiary/aromatic N) is 2. The molecule has 0 bridgehead atoms. The van der Waals surface area contributed by atoms with Crippen molar-refractivity contribution in [1.82, 2.24) is 9.80 Å². The maximum atomic E-state index is 14.4. The Labute approximate surface area is 132 Å². The molecule has 0 aliphatic carbocycles. The monoisotopic (exact) mass is 310 g/mol. The van der Waals surface area contributed by atoms with Gasteiger partial charge in [-0.05, 0) is 39.9 Å². The molecule has 22 heavy (non-hydrogen) atoms. The lowest BCUT2D eigenvalue weighted by Gasteiger charge is -2.38. The molecule has 4 nitrogen and oxygen atoms in total. The Balaban J connectivity index is 2.14. The Kier molecular flexibility index (Phi) is 5.64. The molecule has 0 radical (unpaired) electrons. The average molecular weight is 310 g/mol. The summed E-state index contributed by atoms with van der Waals surface area (Å²) in [6.45, 7) is 4.02. The van der Waals surface area contributed by atoms with E-state index in [0.717, 1.165) is 25.9 Å². The zero-order chi connectivity index (χ0) is 16.3. The van der Waals surface area contributed by atoms with Crippen molar-refractivity contribution in [3.05, 3.63) is 23.5 Å². The van der Waals surface area contributed by atoms with Crippen molar-refractivity contribution in [1.29, 1.82) is 0 Å². The molecule has 1 heterocycles. The van der Waals surface area contributed by atoms with Gasteiger partial charge in [0.15, 0.2) is 11.5 Å². The first-order valence-corrected chi connectivity index (χ1v) is 7.79. The first kappa shape index (κ1) is 17.0. The molecule has 1 aromatic carbocycles. The highest BCUT2D eigenvalue weighted by molar-refractivity contribution is 5.44. The molecule has 1 atom stereocenters. The van der Waals surface area contributed by atoms with Gasteiger partial charge in [-0.2, -0.15) is 0 Å². The van der Waals surface area contributed by atoms with Crippen LogP contribution in [0.5, 0.6) is 11.5 Å². The third-order valence-corrected chi connectivity index (χ3v) is 4.73. The molecule has 1 aliphatic rings. The van der Waals surface area contributed by atoms with Gasteiger partial charge in [-0.25, -0.2) is 4.39 Å². The van der Waals surface area contributed by atoms with Gasteiger partial charge in [-0.1, -0.05) is 0 Å². The quantitative estimate of drug-likeness (QED) is 0.835. The van der Waals surface area contributed by atoms with Crippen LogP contribution in [-0.2, 0) is 0 Å². The van der Waals surface area contributed by atoms with Gasteiger partial charge >= 0.3 is 0 Å². The lowest BCUT2D eigenvalue weighted by atomic mass is 9.99. The zero-order valence-corrected chi connectivity index (χ0v) is 14.2. The van der Waals surface area contributed by atoms with Crippen molar-refractivity contribution in [2.75, 3.05) is 41.4 Å². The van der Waals surface area contributed by atoms with Crippen LogP contribution < -0.4 is 9.47 Å². The van der Waals surface area contributed by atoms with Crippen molar-refractivity contribution in [2.45, 2.75) is 31.8 Å². The smallest absolute Gasteiger partial charge is 0.163 e. The topological polar surface area (TPSA) is 24.9 Å². The van der Waals surface area contributed by atoms with Crippen LogP contribution in [0.15, 0.2) is 12.1 Å². The highest BCUT2D eigenvalue weighted by Gasteiger charge is 2.26. The van der Waals surface area contributed by atoms with E-state index in [-0.39, 0.29) is 11.9 Å². The summed E-state index contributed by atoms with van der Waals surface area (Å²) in [5.74, 6) is 0.774. The lowest BCUT2D eigenvalue weighted by molar-refractivity contribution is 0.113. The standard InChI is InChI=1S/C17H27FN2O2/c1-12(20-8-6-13(7-9-20)19(2)3)14-10-16(21-4)17(22-5)11-15(14)18/h10-13H,6-9H2,1-5H3/t12-/m0/s1. The second kappa shape index (κ2) is 7.29. The maximum absolute atomic E-state index is 14.4. The van der Waals surface area contributed by atoms with Crippen molar-refractivity contribution >= 4 is 0 Å². The van der Waals surface area contributed by atoms with Gasteiger partial charge < -0.3 is 14.4 Å². The van der Waals surface area contributed by atoms with E-state index in [9.17, 15) is 4.39 Å². The van der Waals surface area contributed by atoms with Crippen LogP contribution in [0, 0.1) is 5.82 Å². The summed E-state index contributed by atoms with van der Waals surface area (Å²) in [5, 5.41) is 0. The molecule has 0 saturated carbocycles. The van der Waals surface area contributed by atoms with E-state index >= 15 is 0 Å². The van der Waals surface area contributed by atoms with Crippen LogP contribution in [0.3, 0.4) is 0 Å². The summed E-state index contributed by atoms with van der Waals surface area (Å²) in [4.78, 5) is 4.61. The number of likely N-dealkylation sites (tertiary alicyclic amines) is 1. The molecule has 124 valence electrons. The molecule has 1 fully saturated rings. The third-order valence-electron chi connectivity index (χ3n) is 4.73. The summed E-state index contributed by atoms with van der Waals surface area (Å²) in [6.07, 6.45) is 2.23. The molecule has 1 aliphatic heterocycles. The number of hydrogen-bond acceptors (Lipinski definition) is 4. The number of halogens is 1. The Bertz CT molecular complexity index is 500. The van der Waals surface area contributed by atoms with Crippen molar-refractivity contribution in [2.24, 2.45) is 0 Å². The van der Waals surface area contributed by atoms with E-state index in [4.69, 9.17) is 9.47 Å². The van der Waals surface area contributed by atoms with Gasteiger partial charge in [-0.15, -0.1) is 0 Å². The number of piperidine rings is 1. The van der Waals surface area contributed by atoms with Gasteiger partial charge in [0.1, 0.15) is 5.82 Å². The molecule has 5 heteroatoms. The first-order valence-electron chi connectivity index (χ1n) is 7.79. The van der Waals surface area contributed by atoms with Gasteiger partial charge in [0, 0.05) is 36.8 Å². The molecule has 1 aromatic rings. The average Bonchev–Trinajstić information content (AvgIpc) is 2.53. The zero-order valence-electron chi connectivity index (χ0n) is 14.2. The summed E-state index contributed by atoms with van der Waals surface area (Å²) < 4.78 is 24.8. The predicted molar refractivity (Wildman–Crippen MR) is 86.2 cm³/mol. The molecular formula is C17H27FN2O2. The van der Waals surface area contributed by atoms with Crippen LogP contribution in [0.2, 0.25) is 0 Å². The van der Waals surface area contributed by atoms with E-state index in [1.807, 2.05) is 0 Å². The first-order chi connectivity index (χ1) is 10.5. The van der Waals surface area contributed by atoms with Crippen molar-refractivity contribution < 1.29 is 13.9 Å². The Morgan fingerprint density at radius 3 is 2.18 bits per heavy atom. The summed E-state index contributed by atoms with van der Waals surface area (Å²) in [6, 6.07) is 3.83. The molecule has 0 unspecified atom stereocenters. The number of benzene rings is 1. The fourth-order valence-corrected chi connectivity index (χ4v) is 3.18. The highest BCUT2D eigenvalue weighted by atomic mass is 19.1. The highest BCUT2D eigenvalue weighted by Crippen LogP contribution is 2.35. The van der Waals surface area contributed by atoms with Crippen LogP contribution in [-0.4, -0.2) is 57.2 Å². The minimum atomic E-state index is -0.236. The molecular weight excluding hydrogens is 283 g/mol. The van der Waals surface area contributed by atoms with Crippen LogP contribution in [0.1, 0.15) is 31.4 Å². The van der Waals surface area contributed by atoms with Gasteiger partial charge in [0.2, 0.25) is 0 Å². The number of methoxy groups -OCH3 is 2. The maximum Gasteiger partial charge on any atom is 0.163 e. The number of hydrogen-bond donors (Lipinski definition) is 0. The van der Waals surface area contributed by atoms with Gasteiger partial charge in [0.25, 0.3) is 0 Å². The summed E-state index contributed by atoms with van der Waals surface area (Å²) in [5.41, 5.74) is 0.668. The second-order valence-electron chi connectivity index (χ2n) is 6.14. The minimum absolute atomic E-state index is 0.0305. The molecule has 0 amide bonds. The van der Waals surface area contributed by atoms with Crippen LogP contribution >= 0.6 is 0 Å². The second-order valence-corrected chi connectivity index (χ2v) is 6.14. The van der Waals surface area contributed by atoms with Crippen molar-refractivity contribution in [3.63, 3.8) is 0 Å². The van der Waals surface area contributed by atoms with Gasteiger partial charge in [0.05, 0.1) is 14.2 Å². The van der Waals surface area contributed by atoms with Crippen LogP contribution in [0.4, 0.5) is 4.39 Å². The third kappa shape index (κ3) is 3.52. The van der Waals surface area contributed by atoms with E-state index in [2.05, 4.69) is 30.8 Å².